The van der Waals surface area contributed by atoms with Gasteiger partial charge in [0.1, 0.15) is 5.75 Å². The van der Waals surface area contributed by atoms with Crippen molar-refractivity contribution in [2.24, 2.45) is 0 Å². The van der Waals surface area contributed by atoms with Gasteiger partial charge in [0.15, 0.2) is 0 Å². The molecule has 0 spiro atoms. The van der Waals surface area contributed by atoms with Gasteiger partial charge in [0.05, 0.1) is 12.6 Å². The molecule has 0 aliphatic carbocycles. The van der Waals surface area contributed by atoms with Crippen molar-refractivity contribution < 1.29 is 14.3 Å². The molecule has 0 bridgehead atoms. The molecule has 0 fully saturated rings. The molecule has 0 aromatic heterocycles. The minimum absolute atomic E-state index is 0.288. The quantitative estimate of drug-likeness (QED) is 0.879. The second kappa shape index (κ2) is 7.26. The van der Waals surface area contributed by atoms with Gasteiger partial charge in [-0.25, -0.2) is 4.79 Å². The highest BCUT2D eigenvalue weighted by Crippen LogP contribution is 2.25. The summed E-state index contributed by atoms with van der Waals surface area (Å²) in [6.45, 7) is 5.88. The van der Waals surface area contributed by atoms with E-state index in [9.17, 15) is 9.59 Å². The molecule has 6 heteroatoms. The predicted octanol–water partition coefficient (Wildman–Crippen LogP) is 1.29. The zero-order valence-electron chi connectivity index (χ0n) is 13.3. The Morgan fingerprint density at radius 3 is 2.82 bits per heavy atom. The lowest BCUT2D eigenvalue weighted by Crippen LogP contribution is -2.50. The third kappa shape index (κ3) is 3.76. The van der Waals surface area contributed by atoms with Gasteiger partial charge in [-0.1, -0.05) is 6.07 Å². The summed E-state index contributed by atoms with van der Waals surface area (Å²) in [6, 6.07) is 5.27. The first-order chi connectivity index (χ1) is 10.5. The summed E-state index contributed by atoms with van der Waals surface area (Å²) in [7, 11) is 1.49. The molecule has 1 aliphatic rings. The fourth-order valence-electron chi connectivity index (χ4n) is 2.59. The van der Waals surface area contributed by atoms with Crippen LogP contribution in [0.15, 0.2) is 18.2 Å². The van der Waals surface area contributed by atoms with E-state index in [1.54, 1.807) is 0 Å². The molecular weight excluding hydrogens is 282 g/mol. The number of amides is 3. The smallest absolute Gasteiger partial charge is 0.321 e. The Labute approximate surface area is 130 Å². The van der Waals surface area contributed by atoms with E-state index in [1.807, 2.05) is 26.0 Å². The first-order valence-electron chi connectivity index (χ1n) is 7.56. The normalized spacial score (nSPS) is 15.6. The van der Waals surface area contributed by atoms with Crippen LogP contribution >= 0.6 is 0 Å². The lowest BCUT2D eigenvalue weighted by Gasteiger charge is -2.32. The Kier molecular flexibility index (Phi) is 5.38. The summed E-state index contributed by atoms with van der Waals surface area (Å²) >= 11 is 0. The van der Waals surface area contributed by atoms with Crippen LogP contribution in [0, 0.1) is 0 Å². The first kappa shape index (κ1) is 16.3. The summed E-state index contributed by atoms with van der Waals surface area (Å²) in [5.41, 5.74) is 2.47. The number of carbonyl (C=O) groups is 2. The van der Waals surface area contributed by atoms with Crippen molar-refractivity contribution in [3.63, 3.8) is 0 Å². The van der Waals surface area contributed by atoms with E-state index >= 15 is 0 Å². The Balaban J connectivity index is 2.05. The molecule has 3 amide bonds. The number of hydrogen-bond donors (Lipinski definition) is 2. The van der Waals surface area contributed by atoms with E-state index in [2.05, 4.69) is 21.6 Å². The lowest BCUT2D eigenvalue weighted by molar-refractivity contribution is -0.125. The van der Waals surface area contributed by atoms with E-state index in [0.29, 0.717) is 13.2 Å². The molecule has 0 radical (unpaired) electrons. The summed E-state index contributed by atoms with van der Waals surface area (Å²) < 4.78 is 5.53. The van der Waals surface area contributed by atoms with E-state index in [-0.39, 0.29) is 11.9 Å². The van der Waals surface area contributed by atoms with Crippen LogP contribution in [-0.2, 0) is 17.8 Å². The van der Waals surface area contributed by atoms with Crippen LogP contribution in [-0.4, -0.2) is 43.1 Å². The molecular formula is C16H23N3O3. The number of fused-ring (bicyclic) bond motifs is 1. The molecule has 0 saturated carbocycles. The Morgan fingerprint density at radius 2 is 2.14 bits per heavy atom. The zero-order valence-corrected chi connectivity index (χ0v) is 13.3. The second-order valence-electron chi connectivity index (χ2n) is 5.33. The van der Waals surface area contributed by atoms with Crippen molar-refractivity contribution >= 4 is 11.9 Å². The van der Waals surface area contributed by atoms with Gasteiger partial charge in [-0.3, -0.25) is 15.0 Å². The molecule has 0 unspecified atom stereocenters. The topological polar surface area (TPSA) is 70.7 Å². The molecule has 1 aromatic rings. The van der Waals surface area contributed by atoms with E-state index in [1.165, 1.54) is 18.2 Å². The highest BCUT2D eigenvalue weighted by atomic mass is 16.5. The third-order valence-electron chi connectivity index (χ3n) is 3.92. The highest BCUT2D eigenvalue weighted by molar-refractivity contribution is 5.96. The Bertz CT molecular complexity index is 560. The maximum atomic E-state index is 12.1. The molecule has 6 nitrogen and oxygen atoms in total. The largest absolute Gasteiger partial charge is 0.494 e. The Hall–Kier alpha value is -2.08. The number of ether oxygens (including phenoxy) is 1. The van der Waals surface area contributed by atoms with Gasteiger partial charge >= 0.3 is 6.03 Å². The number of rotatable bonds is 4. The number of urea groups is 1. The van der Waals surface area contributed by atoms with Gasteiger partial charge < -0.3 is 10.1 Å². The number of carbonyl (C=O) groups excluding carboxylic acids is 2. The molecule has 1 aromatic carbocycles. The molecule has 22 heavy (non-hydrogen) atoms. The average Bonchev–Trinajstić information content (AvgIpc) is 2.53. The minimum Gasteiger partial charge on any atom is -0.494 e. The first-order valence-corrected chi connectivity index (χ1v) is 7.56. The molecule has 1 aliphatic heterocycles. The molecule has 2 rings (SSSR count). The van der Waals surface area contributed by atoms with Crippen LogP contribution in [0.1, 0.15) is 25.0 Å². The van der Waals surface area contributed by atoms with Gasteiger partial charge in [0.25, 0.3) is 0 Å². The number of hydrogen-bond acceptors (Lipinski definition) is 4. The predicted molar refractivity (Wildman–Crippen MR) is 83.8 cm³/mol. The summed E-state index contributed by atoms with van der Waals surface area (Å²) in [5, 5.41) is 4.71. The van der Waals surface area contributed by atoms with Gasteiger partial charge in [0, 0.05) is 20.1 Å². The van der Waals surface area contributed by atoms with Crippen molar-refractivity contribution in [2.75, 3.05) is 20.2 Å². The lowest BCUT2D eigenvalue weighted by atomic mass is 9.98. The van der Waals surface area contributed by atoms with Crippen molar-refractivity contribution in [1.29, 1.82) is 0 Å². The maximum absolute atomic E-state index is 12.1. The monoisotopic (exact) mass is 305 g/mol. The maximum Gasteiger partial charge on any atom is 0.321 e. The second-order valence-corrected chi connectivity index (χ2v) is 5.33. The van der Waals surface area contributed by atoms with E-state index in [4.69, 9.17) is 4.74 Å². The molecule has 1 atom stereocenters. The van der Waals surface area contributed by atoms with Crippen molar-refractivity contribution in [1.82, 2.24) is 15.5 Å². The van der Waals surface area contributed by atoms with Crippen LogP contribution < -0.4 is 15.4 Å². The van der Waals surface area contributed by atoms with Crippen LogP contribution in [0.3, 0.4) is 0 Å². The van der Waals surface area contributed by atoms with E-state index in [0.717, 1.165) is 18.7 Å². The van der Waals surface area contributed by atoms with Crippen LogP contribution in [0.25, 0.3) is 0 Å². The fourth-order valence-corrected chi connectivity index (χ4v) is 2.59. The molecule has 1 heterocycles. The SMILES string of the molecule is CCOc1ccc2c(c1)CN([C@H](C)C(=O)NC(=O)NC)CC2. The highest BCUT2D eigenvalue weighted by Gasteiger charge is 2.26. The number of nitrogens with zero attached hydrogens (tertiary/aromatic N) is 1. The zero-order chi connectivity index (χ0) is 16.1. The number of benzene rings is 1. The van der Waals surface area contributed by atoms with E-state index < -0.39 is 6.03 Å². The fraction of sp³-hybridized carbons (Fsp3) is 0.500. The van der Waals surface area contributed by atoms with Gasteiger partial charge in [0.2, 0.25) is 5.91 Å². The third-order valence-corrected chi connectivity index (χ3v) is 3.92. The van der Waals surface area contributed by atoms with Gasteiger partial charge in [-0.05, 0) is 43.5 Å². The Morgan fingerprint density at radius 1 is 1.36 bits per heavy atom. The van der Waals surface area contributed by atoms with Gasteiger partial charge in [-0.15, -0.1) is 0 Å². The molecule has 0 saturated heterocycles. The van der Waals surface area contributed by atoms with Crippen molar-refractivity contribution in [3.05, 3.63) is 29.3 Å². The molecule has 2 N–H and O–H groups in total. The summed E-state index contributed by atoms with van der Waals surface area (Å²) in [6.07, 6.45) is 0.888. The minimum atomic E-state index is -0.479. The summed E-state index contributed by atoms with van der Waals surface area (Å²) in [4.78, 5) is 25.4. The van der Waals surface area contributed by atoms with Gasteiger partial charge in [-0.2, -0.15) is 0 Å². The van der Waals surface area contributed by atoms with Crippen molar-refractivity contribution in [3.8, 4) is 5.75 Å². The molecule has 120 valence electrons. The van der Waals surface area contributed by atoms with Crippen LogP contribution in [0.5, 0.6) is 5.75 Å². The number of nitrogens with one attached hydrogen (secondary N) is 2. The van der Waals surface area contributed by atoms with Crippen LogP contribution in [0.2, 0.25) is 0 Å². The number of imide groups is 1. The standard InChI is InChI=1S/C16H23N3O3/c1-4-22-14-6-5-12-7-8-19(10-13(12)9-14)11(2)15(20)18-16(21)17-3/h5-6,9,11H,4,7-8,10H2,1-3H3,(H2,17,18,20,21)/t11-/m1/s1. The van der Waals surface area contributed by atoms with Crippen molar-refractivity contribution in [2.45, 2.75) is 32.9 Å². The van der Waals surface area contributed by atoms with Crippen LogP contribution in [0.4, 0.5) is 4.79 Å². The average molecular weight is 305 g/mol. The summed E-state index contributed by atoms with van der Waals surface area (Å²) in [5.74, 6) is 0.564.